The van der Waals surface area contributed by atoms with Crippen LogP contribution < -0.4 is 25.6 Å². The highest BCUT2D eigenvalue weighted by Gasteiger charge is 2.11. The molecular formula is C17H14Br2IN3O4S. The molecule has 3 N–H and O–H groups in total. The Morgan fingerprint density at radius 3 is 2.46 bits per heavy atom. The van der Waals surface area contributed by atoms with Gasteiger partial charge in [-0.3, -0.25) is 25.8 Å². The SMILES string of the molecule is COc1ccc(C(=O)NNC(=S)NC(=O)COc2ccc(Br)cc2Br)cc1I. The van der Waals surface area contributed by atoms with Gasteiger partial charge in [-0.1, -0.05) is 15.9 Å². The lowest BCUT2D eigenvalue weighted by Crippen LogP contribution is -2.49. The minimum absolute atomic E-state index is 0.0555. The Bertz CT molecular complexity index is 914. The molecule has 2 aromatic rings. The van der Waals surface area contributed by atoms with Gasteiger partial charge in [0.1, 0.15) is 11.5 Å². The maximum Gasteiger partial charge on any atom is 0.269 e. The van der Waals surface area contributed by atoms with Gasteiger partial charge in [0.25, 0.3) is 11.8 Å². The molecule has 0 radical (unpaired) electrons. The van der Waals surface area contributed by atoms with Crippen molar-refractivity contribution in [1.29, 1.82) is 0 Å². The van der Waals surface area contributed by atoms with Gasteiger partial charge in [-0.15, -0.1) is 0 Å². The monoisotopic (exact) mass is 641 g/mol. The smallest absolute Gasteiger partial charge is 0.269 e. The predicted molar refractivity (Wildman–Crippen MR) is 124 cm³/mol. The van der Waals surface area contributed by atoms with Crippen molar-refractivity contribution in [2.45, 2.75) is 0 Å². The molecule has 0 aromatic heterocycles. The van der Waals surface area contributed by atoms with Gasteiger partial charge in [0.15, 0.2) is 11.7 Å². The summed E-state index contributed by atoms with van der Waals surface area (Å²) in [5, 5.41) is 2.36. The van der Waals surface area contributed by atoms with E-state index in [0.29, 0.717) is 21.5 Å². The highest BCUT2D eigenvalue weighted by molar-refractivity contribution is 14.1. The van der Waals surface area contributed by atoms with Crippen LogP contribution in [-0.2, 0) is 4.79 Å². The van der Waals surface area contributed by atoms with Crippen molar-refractivity contribution >= 4 is 83.6 Å². The number of rotatable bonds is 5. The molecule has 148 valence electrons. The van der Waals surface area contributed by atoms with E-state index in [9.17, 15) is 9.59 Å². The number of benzene rings is 2. The molecule has 2 amide bonds. The summed E-state index contributed by atoms with van der Waals surface area (Å²) in [5.41, 5.74) is 5.30. The number of methoxy groups -OCH3 is 1. The van der Waals surface area contributed by atoms with Crippen molar-refractivity contribution in [3.05, 3.63) is 54.5 Å². The van der Waals surface area contributed by atoms with Crippen LogP contribution in [0.2, 0.25) is 0 Å². The third kappa shape index (κ3) is 6.87. The van der Waals surface area contributed by atoms with Gasteiger partial charge >= 0.3 is 0 Å². The molecule has 0 saturated heterocycles. The first-order chi connectivity index (χ1) is 13.3. The van der Waals surface area contributed by atoms with E-state index in [0.717, 1.165) is 8.04 Å². The van der Waals surface area contributed by atoms with Crippen molar-refractivity contribution < 1.29 is 19.1 Å². The van der Waals surface area contributed by atoms with Crippen molar-refractivity contribution in [3.63, 3.8) is 0 Å². The number of nitrogens with one attached hydrogen (secondary N) is 3. The van der Waals surface area contributed by atoms with Gasteiger partial charge in [0.05, 0.1) is 15.2 Å². The van der Waals surface area contributed by atoms with Crippen molar-refractivity contribution in [2.75, 3.05) is 13.7 Å². The van der Waals surface area contributed by atoms with Gasteiger partial charge in [0, 0.05) is 10.0 Å². The first kappa shape index (κ1) is 22.8. The van der Waals surface area contributed by atoms with Crippen molar-refractivity contribution in [2.24, 2.45) is 0 Å². The molecule has 0 atom stereocenters. The summed E-state index contributed by atoms with van der Waals surface area (Å²) >= 11 is 13.7. The van der Waals surface area contributed by atoms with Crippen LogP contribution in [0.3, 0.4) is 0 Å². The van der Waals surface area contributed by atoms with Crippen molar-refractivity contribution in [1.82, 2.24) is 16.2 Å². The number of carbonyl (C=O) groups excluding carboxylic acids is 2. The third-order valence-electron chi connectivity index (χ3n) is 3.21. The molecule has 0 aliphatic carbocycles. The van der Waals surface area contributed by atoms with E-state index in [1.807, 2.05) is 0 Å². The zero-order valence-electron chi connectivity index (χ0n) is 14.3. The molecule has 7 nitrogen and oxygen atoms in total. The lowest BCUT2D eigenvalue weighted by Gasteiger charge is -2.12. The normalized spacial score (nSPS) is 10.0. The summed E-state index contributed by atoms with van der Waals surface area (Å²) in [7, 11) is 1.55. The van der Waals surface area contributed by atoms with Gasteiger partial charge < -0.3 is 9.47 Å². The zero-order valence-corrected chi connectivity index (χ0v) is 20.5. The van der Waals surface area contributed by atoms with Gasteiger partial charge in [-0.25, -0.2) is 0 Å². The summed E-state index contributed by atoms with van der Waals surface area (Å²) in [6.07, 6.45) is 0. The highest BCUT2D eigenvalue weighted by Crippen LogP contribution is 2.28. The fourth-order valence-electron chi connectivity index (χ4n) is 1.92. The number of hydrogen-bond acceptors (Lipinski definition) is 5. The standard InChI is InChI=1S/C17H14Br2IN3O4S/c1-26-14-4-2-9(6-12(14)20)16(25)22-23-17(28)21-15(24)8-27-13-5-3-10(18)7-11(13)19/h2-7H,8H2,1H3,(H,22,25)(H2,21,23,24,28). The van der Waals surface area contributed by atoms with E-state index in [1.165, 1.54) is 0 Å². The summed E-state index contributed by atoms with van der Waals surface area (Å²) in [4.78, 5) is 24.1. The molecule has 0 fully saturated rings. The number of amides is 2. The number of halogens is 3. The highest BCUT2D eigenvalue weighted by atomic mass is 127. The second-order valence-corrected chi connectivity index (χ2v) is 8.51. The summed E-state index contributed by atoms with van der Waals surface area (Å²) in [5.74, 6) is 0.303. The summed E-state index contributed by atoms with van der Waals surface area (Å²) < 4.78 is 12.9. The van der Waals surface area contributed by atoms with Crippen LogP contribution in [0.1, 0.15) is 10.4 Å². The molecule has 2 rings (SSSR count). The average Bonchev–Trinajstić information content (AvgIpc) is 2.65. The van der Waals surface area contributed by atoms with Crippen LogP contribution in [0.15, 0.2) is 45.3 Å². The Morgan fingerprint density at radius 2 is 1.82 bits per heavy atom. The number of hydrazine groups is 1. The summed E-state index contributed by atoms with van der Waals surface area (Å²) in [6.45, 7) is -0.243. The van der Waals surface area contributed by atoms with Crippen LogP contribution in [0.5, 0.6) is 11.5 Å². The minimum Gasteiger partial charge on any atom is -0.496 e. The molecule has 0 spiro atoms. The quantitative estimate of drug-likeness (QED) is 0.263. The lowest BCUT2D eigenvalue weighted by molar-refractivity contribution is -0.121. The van der Waals surface area contributed by atoms with E-state index in [4.69, 9.17) is 21.7 Å². The molecule has 0 unspecified atom stereocenters. The van der Waals surface area contributed by atoms with E-state index in [2.05, 4.69) is 70.6 Å². The van der Waals surface area contributed by atoms with Gasteiger partial charge in [0.2, 0.25) is 0 Å². The van der Waals surface area contributed by atoms with Gasteiger partial charge in [-0.05, 0) is 87.1 Å². The van der Waals surface area contributed by atoms with E-state index < -0.39 is 11.8 Å². The van der Waals surface area contributed by atoms with Crippen LogP contribution in [0.25, 0.3) is 0 Å². The van der Waals surface area contributed by atoms with Crippen LogP contribution in [0, 0.1) is 3.57 Å². The number of hydrogen-bond donors (Lipinski definition) is 3. The Hall–Kier alpha value is -1.44. The van der Waals surface area contributed by atoms with Crippen LogP contribution in [0.4, 0.5) is 0 Å². The first-order valence-corrected chi connectivity index (χ1v) is 10.7. The Labute approximate surface area is 197 Å². The maximum absolute atomic E-state index is 12.1. The molecule has 0 saturated carbocycles. The fraction of sp³-hybridized carbons (Fsp3) is 0.118. The average molecular weight is 643 g/mol. The molecule has 2 aromatic carbocycles. The van der Waals surface area contributed by atoms with Crippen molar-refractivity contribution in [3.8, 4) is 11.5 Å². The zero-order chi connectivity index (χ0) is 20.7. The molecule has 0 bridgehead atoms. The first-order valence-electron chi connectivity index (χ1n) is 7.61. The Balaban J connectivity index is 1.79. The molecule has 28 heavy (non-hydrogen) atoms. The lowest BCUT2D eigenvalue weighted by atomic mass is 10.2. The molecular weight excluding hydrogens is 629 g/mol. The largest absolute Gasteiger partial charge is 0.496 e. The summed E-state index contributed by atoms with van der Waals surface area (Å²) in [6, 6.07) is 10.3. The topological polar surface area (TPSA) is 88.7 Å². The fourth-order valence-corrected chi connectivity index (χ4v) is 3.98. The Kier molecular flexibility index (Phi) is 8.92. The van der Waals surface area contributed by atoms with E-state index >= 15 is 0 Å². The van der Waals surface area contributed by atoms with Gasteiger partial charge in [-0.2, -0.15) is 0 Å². The number of ether oxygens (including phenoxy) is 2. The van der Waals surface area contributed by atoms with Crippen LogP contribution >= 0.6 is 66.7 Å². The maximum atomic E-state index is 12.1. The number of thiocarbonyl (C=S) groups is 1. The Morgan fingerprint density at radius 1 is 1.11 bits per heavy atom. The minimum atomic E-state index is -0.472. The third-order valence-corrected chi connectivity index (χ3v) is 5.37. The second-order valence-electron chi connectivity index (χ2n) is 5.17. The molecule has 11 heteroatoms. The van der Waals surface area contributed by atoms with E-state index in [1.54, 1.807) is 43.5 Å². The second kappa shape index (κ2) is 10.9. The predicted octanol–water partition coefficient (Wildman–Crippen LogP) is 3.54. The van der Waals surface area contributed by atoms with Crippen LogP contribution in [-0.4, -0.2) is 30.6 Å². The van der Waals surface area contributed by atoms with E-state index in [-0.39, 0.29) is 11.7 Å². The molecule has 0 aliphatic heterocycles. The molecule has 0 heterocycles. The molecule has 0 aliphatic rings. The number of carbonyl (C=O) groups is 2.